The largest absolute Gasteiger partial charge is 0.315 e. The van der Waals surface area contributed by atoms with Gasteiger partial charge in [-0.05, 0) is 58.5 Å². The molecule has 0 saturated heterocycles. The summed E-state index contributed by atoms with van der Waals surface area (Å²) >= 11 is 0. The Hall–Kier alpha value is -0.0800. The molecular weight excluding hydrogens is 196 g/mol. The topological polar surface area (TPSA) is 15.3 Å². The Kier molecular flexibility index (Phi) is 5.77. The van der Waals surface area contributed by atoms with Gasteiger partial charge in [0.25, 0.3) is 0 Å². The van der Waals surface area contributed by atoms with Gasteiger partial charge in [-0.15, -0.1) is 0 Å². The lowest BCUT2D eigenvalue weighted by molar-refractivity contribution is 0.174. The van der Waals surface area contributed by atoms with Crippen molar-refractivity contribution in [3.05, 3.63) is 0 Å². The highest BCUT2D eigenvalue weighted by Crippen LogP contribution is 2.35. The van der Waals surface area contributed by atoms with Crippen molar-refractivity contribution in [3.8, 4) is 0 Å². The number of hydrogen-bond acceptors (Lipinski definition) is 2. The quantitative estimate of drug-likeness (QED) is 0.640. The zero-order chi connectivity index (χ0) is 12.1. The third-order valence-corrected chi connectivity index (χ3v) is 3.98. The van der Waals surface area contributed by atoms with Crippen LogP contribution in [0.15, 0.2) is 0 Å². The van der Waals surface area contributed by atoms with E-state index < -0.39 is 0 Å². The number of rotatable bonds is 8. The zero-order valence-corrected chi connectivity index (χ0v) is 11.8. The van der Waals surface area contributed by atoms with Crippen LogP contribution in [0, 0.1) is 11.8 Å². The second-order valence-electron chi connectivity index (χ2n) is 5.98. The van der Waals surface area contributed by atoms with Gasteiger partial charge in [-0.2, -0.15) is 0 Å². The second kappa shape index (κ2) is 6.61. The first-order valence-electron chi connectivity index (χ1n) is 6.95. The summed E-state index contributed by atoms with van der Waals surface area (Å²) in [5, 5.41) is 3.57. The molecule has 0 aromatic rings. The minimum absolute atomic E-state index is 0.655. The minimum Gasteiger partial charge on any atom is -0.315 e. The maximum absolute atomic E-state index is 3.57. The van der Waals surface area contributed by atoms with Crippen LogP contribution in [0.4, 0.5) is 0 Å². The van der Waals surface area contributed by atoms with Gasteiger partial charge in [0.2, 0.25) is 0 Å². The molecule has 1 aliphatic rings. The summed E-state index contributed by atoms with van der Waals surface area (Å²) < 4.78 is 0. The van der Waals surface area contributed by atoms with Crippen molar-refractivity contribution in [1.82, 2.24) is 10.2 Å². The van der Waals surface area contributed by atoms with Crippen molar-refractivity contribution >= 4 is 0 Å². The molecule has 2 nitrogen and oxygen atoms in total. The van der Waals surface area contributed by atoms with Gasteiger partial charge in [0.05, 0.1) is 0 Å². The maximum Gasteiger partial charge on any atom is 0.0192 e. The first-order chi connectivity index (χ1) is 7.52. The molecule has 1 N–H and O–H groups in total. The van der Waals surface area contributed by atoms with Crippen LogP contribution in [0.5, 0.6) is 0 Å². The lowest BCUT2D eigenvalue weighted by Gasteiger charge is -2.31. The van der Waals surface area contributed by atoms with Crippen molar-refractivity contribution in [1.29, 1.82) is 0 Å². The average molecular weight is 226 g/mol. The van der Waals surface area contributed by atoms with Crippen molar-refractivity contribution in [3.63, 3.8) is 0 Å². The minimum atomic E-state index is 0.655. The van der Waals surface area contributed by atoms with Gasteiger partial charge in [-0.1, -0.05) is 13.8 Å². The Morgan fingerprint density at radius 3 is 2.31 bits per heavy atom. The third-order valence-electron chi connectivity index (χ3n) is 3.98. The first-order valence-corrected chi connectivity index (χ1v) is 6.95. The Bertz CT molecular complexity index is 187. The van der Waals surface area contributed by atoms with Crippen LogP contribution >= 0.6 is 0 Å². The maximum atomic E-state index is 3.57. The highest BCUT2D eigenvalue weighted by Gasteiger charge is 2.31. The summed E-state index contributed by atoms with van der Waals surface area (Å²) in [7, 11) is 2.28. The Labute approximate surface area is 102 Å². The predicted molar refractivity (Wildman–Crippen MR) is 71.7 cm³/mol. The fourth-order valence-corrected chi connectivity index (χ4v) is 2.16. The monoisotopic (exact) mass is 226 g/mol. The molecular formula is C14H30N2. The highest BCUT2D eigenvalue weighted by atomic mass is 15.2. The summed E-state index contributed by atoms with van der Waals surface area (Å²) in [5.41, 5.74) is 0. The van der Waals surface area contributed by atoms with Crippen molar-refractivity contribution in [2.24, 2.45) is 11.8 Å². The van der Waals surface area contributed by atoms with E-state index in [1.165, 1.54) is 19.3 Å². The van der Waals surface area contributed by atoms with E-state index in [4.69, 9.17) is 0 Å². The van der Waals surface area contributed by atoms with Gasteiger partial charge < -0.3 is 5.32 Å². The molecule has 0 aromatic carbocycles. The highest BCUT2D eigenvalue weighted by molar-refractivity contribution is 4.86. The molecule has 1 fully saturated rings. The summed E-state index contributed by atoms with van der Waals surface area (Å²) in [6.07, 6.45) is 4.17. The molecule has 2 atom stereocenters. The lowest BCUT2D eigenvalue weighted by Crippen LogP contribution is -2.43. The van der Waals surface area contributed by atoms with Gasteiger partial charge in [-0.25, -0.2) is 0 Å². The van der Waals surface area contributed by atoms with Crippen molar-refractivity contribution < 1.29 is 0 Å². The van der Waals surface area contributed by atoms with E-state index in [1.807, 2.05) is 0 Å². The van der Waals surface area contributed by atoms with Crippen molar-refractivity contribution in [2.75, 3.05) is 20.1 Å². The van der Waals surface area contributed by atoms with Crippen LogP contribution in [0.1, 0.15) is 47.0 Å². The fraction of sp³-hybridized carbons (Fsp3) is 1.00. The van der Waals surface area contributed by atoms with Gasteiger partial charge in [0, 0.05) is 18.6 Å². The molecule has 0 radical (unpaired) electrons. The number of nitrogens with one attached hydrogen (secondary N) is 1. The van der Waals surface area contributed by atoms with E-state index >= 15 is 0 Å². The van der Waals surface area contributed by atoms with E-state index in [9.17, 15) is 0 Å². The molecule has 1 saturated carbocycles. The van der Waals surface area contributed by atoms with Gasteiger partial charge in [0.1, 0.15) is 0 Å². The molecule has 0 aromatic heterocycles. The van der Waals surface area contributed by atoms with Crippen LogP contribution in [0.2, 0.25) is 0 Å². The van der Waals surface area contributed by atoms with E-state index in [-0.39, 0.29) is 0 Å². The van der Waals surface area contributed by atoms with E-state index in [0.29, 0.717) is 6.04 Å². The van der Waals surface area contributed by atoms with Crippen LogP contribution in [0.3, 0.4) is 0 Å². The number of likely N-dealkylation sites (N-methyl/N-ethyl adjacent to an activating group) is 1. The van der Waals surface area contributed by atoms with Crippen LogP contribution in [0.25, 0.3) is 0 Å². The second-order valence-corrected chi connectivity index (χ2v) is 5.98. The molecule has 2 heteroatoms. The number of nitrogens with zero attached hydrogens (tertiary/aromatic N) is 1. The summed E-state index contributed by atoms with van der Waals surface area (Å²) in [4.78, 5) is 2.54. The van der Waals surface area contributed by atoms with Gasteiger partial charge >= 0.3 is 0 Å². The normalized spacial score (nSPS) is 20.4. The Morgan fingerprint density at radius 1 is 1.19 bits per heavy atom. The molecule has 0 spiro atoms. The molecule has 0 heterocycles. The SMILES string of the molecule is CC(C)CCNCC(C)N(C)C(C)C1CC1. The van der Waals surface area contributed by atoms with Crippen molar-refractivity contribution in [2.45, 2.75) is 59.0 Å². The molecule has 16 heavy (non-hydrogen) atoms. The summed E-state index contributed by atoms with van der Waals surface area (Å²) in [5.74, 6) is 1.79. The zero-order valence-electron chi connectivity index (χ0n) is 11.8. The lowest BCUT2D eigenvalue weighted by atomic mass is 10.1. The van der Waals surface area contributed by atoms with Crippen LogP contribution < -0.4 is 5.32 Å². The average Bonchev–Trinajstić information content (AvgIpc) is 3.05. The smallest absolute Gasteiger partial charge is 0.0192 e. The number of hydrogen-bond donors (Lipinski definition) is 1. The molecule has 2 unspecified atom stereocenters. The predicted octanol–water partition coefficient (Wildman–Crippen LogP) is 2.74. The van der Waals surface area contributed by atoms with Gasteiger partial charge in [-0.3, -0.25) is 4.90 Å². The van der Waals surface area contributed by atoms with Crippen LogP contribution in [-0.2, 0) is 0 Å². The fourth-order valence-electron chi connectivity index (χ4n) is 2.16. The summed E-state index contributed by atoms with van der Waals surface area (Å²) in [6.45, 7) is 11.6. The van der Waals surface area contributed by atoms with Gasteiger partial charge in [0.15, 0.2) is 0 Å². The molecule has 0 aliphatic heterocycles. The van der Waals surface area contributed by atoms with Crippen LogP contribution in [-0.4, -0.2) is 37.1 Å². The Morgan fingerprint density at radius 2 is 1.81 bits per heavy atom. The first kappa shape index (κ1) is 14.0. The third kappa shape index (κ3) is 4.84. The molecule has 1 rings (SSSR count). The molecule has 0 amide bonds. The van der Waals surface area contributed by atoms with E-state index in [1.54, 1.807) is 0 Å². The molecule has 0 bridgehead atoms. The summed E-state index contributed by atoms with van der Waals surface area (Å²) in [6, 6.07) is 1.42. The Balaban J connectivity index is 2.10. The van der Waals surface area contributed by atoms with E-state index in [2.05, 4.69) is 45.0 Å². The molecule has 1 aliphatic carbocycles. The standard InChI is InChI=1S/C14H30N2/c1-11(2)8-9-15-10-12(3)16(5)13(4)14-6-7-14/h11-15H,6-10H2,1-5H3. The molecule has 96 valence electrons. The van der Waals surface area contributed by atoms with E-state index in [0.717, 1.165) is 31.0 Å².